The van der Waals surface area contributed by atoms with Crippen molar-refractivity contribution in [1.82, 2.24) is 10.2 Å². The summed E-state index contributed by atoms with van der Waals surface area (Å²) >= 11 is 0. The molecule has 0 bridgehead atoms. The van der Waals surface area contributed by atoms with E-state index >= 15 is 0 Å². The van der Waals surface area contributed by atoms with Gasteiger partial charge in [0.15, 0.2) is 0 Å². The van der Waals surface area contributed by atoms with Crippen LogP contribution in [0.4, 0.5) is 10.5 Å². The van der Waals surface area contributed by atoms with E-state index in [0.29, 0.717) is 31.7 Å². The molecule has 20 heavy (non-hydrogen) atoms. The summed E-state index contributed by atoms with van der Waals surface area (Å²) in [6.45, 7) is 2.43. The van der Waals surface area contributed by atoms with Crippen LogP contribution in [0.1, 0.15) is 12.0 Å². The lowest BCUT2D eigenvalue weighted by atomic mass is 10.1. The van der Waals surface area contributed by atoms with Crippen molar-refractivity contribution in [3.63, 3.8) is 0 Å². The number of carbonyl (C=O) groups is 1. The fourth-order valence-electron chi connectivity index (χ4n) is 2.31. The van der Waals surface area contributed by atoms with Gasteiger partial charge in [0.25, 0.3) is 0 Å². The molecular formula is C14H18N4O2. The standard InChI is InChI=1S/C14H18N4O2/c15-9-11-3-1-2-4-13(11)17-6-5-12-10-18(14(19)20)8-7-16-12/h1-4,12,16-17H,5-8,10H2,(H,19,20)/t12-/m1/s1. The molecule has 1 saturated heterocycles. The molecule has 0 radical (unpaired) electrons. The molecule has 2 rings (SSSR count). The van der Waals surface area contributed by atoms with Gasteiger partial charge in [0.2, 0.25) is 0 Å². The van der Waals surface area contributed by atoms with E-state index in [0.717, 1.165) is 12.1 Å². The monoisotopic (exact) mass is 274 g/mol. The topological polar surface area (TPSA) is 88.4 Å². The summed E-state index contributed by atoms with van der Waals surface area (Å²) in [5, 5.41) is 24.5. The summed E-state index contributed by atoms with van der Waals surface area (Å²) in [5.41, 5.74) is 1.44. The van der Waals surface area contributed by atoms with E-state index in [2.05, 4.69) is 16.7 Å². The molecule has 1 atom stereocenters. The zero-order valence-corrected chi connectivity index (χ0v) is 11.2. The van der Waals surface area contributed by atoms with E-state index in [-0.39, 0.29) is 6.04 Å². The van der Waals surface area contributed by atoms with Crippen LogP contribution >= 0.6 is 0 Å². The highest BCUT2D eigenvalue weighted by Crippen LogP contribution is 2.13. The first-order valence-corrected chi connectivity index (χ1v) is 6.65. The molecule has 6 nitrogen and oxygen atoms in total. The van der Waals surface area contributed by atoms with Crippen LogP contribution in [0.25, 0.3) is 0 Å². The third kappa shape index (κ3) is 3.62. The van der Waals surface area contributed by atoms with Crippen molar-refractivity contribution < 1.29 is 9.90 Å². The average Bonchev–Trinajstić information content (AvgIpc) is 2.48. The summed E-state index contributed by atoms with van der Waals surface area (Å²) < 4.78 is 0. The molecule has 0 unspecified atom stereocenters. The summed E-state index contributed by atoms with van der Waals surface area (Å²) in [4.78, 5) is 12.4. The van der Waals surface area contributed by atoms with Crippen LogP contribution in [0.2, 0.25) is 0 Å². The molecule has 1 aromatic rings. The molecule has 1 heterocycles. The molecule has 0 saturated carbocycles. The lowest BCUT2D eigenvalue weighted by Gasteiger charge is -2.31. The maximum Gasteiger partial charge on any atom is 0.407 e. The van der Waals surface area contributed by atoms with Crippen LogP contribution in [0, 0.1) is 11.3 Å². The van der Waals surface area contributed by atoms with Gasteiger partial charge in [-0.15, -0.1) is 0 Å². The maximum absolute atomic E-state index is 10.9. The summed E-state index contributed by atoms with van der Waals surface area (Å²) in [5.74, 6) is 0. The number of hydrogen-bond acceptors (Lipinski definition) is 4. The summed E-state index contributed by atoms with van der Waals surface area (Å²) in [6, 6.07) is 9.65. The van der Waals surface area contributed by atoms with Crippen LogP contribution in [0.3, 0.4) is 0 Å². The Kier molecular flexibility index (Phi) is 4.80. The number of para-hydroxylation sites is 1. The minimum absolute atomic E-state index is 0.154. The van der Waals surface area contributed by atoms with E-state index in [1.807, 2.05) is 18.2 Å². The van der Waals surface area contributed by atoms with Gasteiger partial charge in [0.1, 0.15) is 6.07 Å². The molecule has 0 aliphatic carbocycles. The van der Waals surface area contributed by atoms with Gasteiger partial charge in [-0.3, -0.25) is 0 Å². The van der Waals surface area contributed by atoms with Crippen LogP contribution in [0.5, 0.6) is 0 Å². The van der Waals surface area contributed by atoms with E-state index in [4.69, 9.17) is 10.4 Å². The molecule has 0 spiro atoms. The Labute approximate surface area is 118 Å². The van der Waals surface area contributed by atoms with Crippen molar-refractivity contribution in [3.8, 4) is 6.07 Å². The largest absolute Gasteiger partial charge is 0.465 e. The Balaban J connectivity index is 1.81. The van der Waals surface area contributed by atoms with Gasteiger partial charge in [-0.2, -0.15) is 5.26 Å². The molecule has 6 heteroatoms. The zero-order valence-electron chi connectivity index (χ0n) is 11.2. The Bertz CT molecular complexity index is 512. The minimum Gasteiger partial charge on any atom is -0.465 e. The van der Waals surface area contributed by atoms with Gasteiger partial charge >= 0.3 is 6.09 Å². The van der Waals surface area contributed by atoms with Crippen LogP contribution in [-0.4, -0.2) is 48.3 Å². The van der Waals surface area contributed by atoms with E-state index in [9.17, 15) is 4.79 Å². The number of amides is 1. The number of anilines is 1. The molecule has 1 amide bonds. The van der Waals surface area contributed by atoms with Crippen molar-refractivity contribution in [2.24, 2.45) is 0 Å². The number of hydrogen-bond donors (Lipinski definition) is 3. The maximum atomic E-state index is 10.9. The second-order valence-corrected chi connectivity index (χ2v) is 4.75. The zero-order chi connectivity index (χ0) is 14.4. The lowest BCUT2D eigenvalue weighted by molar-refractivity contribution is 0.128. The first-order chi connectivity index (χ1) is 9.70. The highest BCUT2D eigenvalue weighted by molar-refractivity contribution is 5.65. The number of nitrogens with zero attached hydrogens (tertiary/aromatic N) is 2. The highest BCUT2D eigenvalue weighted by Gasteiger charge is 2.22. The number of carboxylic acid groups (broad SMARTS) is 1. The van der Waals surface area contributed by atoms with E-state index in [1.165, 1.54) is 4.90 Å². The summed E-state index contributed by atoms with van der Waals surface area (Å²) in [6.07, 6.45) is -0.0527. The SMILES string of the molecule is N#Cc1ccccc1NCC[C@@H]1CN(C(=O)O)CCN1. The van der Waals surface area contributed by atoms with Crippen molar-refractivity contribution in [2.75, 3.05) is 31.5 Å². The minimum atomic E-state index is -0.862. The molecular weight excluding hydrogens is 256 g/mol. The molecule has 3 N–H and O–H groups in total. The number of nitrogens with one attached hydrogen (secondary N) is 2. The first kappa shape index (κ1) is 14.2. The van der Waals surface area contributed by atoms with Crippen molar-refractivity contribution in [2.45, 2.75) is 12.5 Å². The third-order valence-electron chi connectivity index (χ3n) is 3.38. The fraction of sp³-hybridized carbons (Fsp3) is 0.429. The second kappa shape index (κ2) is 6.78. The number of benzene rings is 1. The van der Waals surface area contributed by atoms with Crippen LogP contribution < -0.4 is 10.6 Å². The number of rotatable bonds is 4. The quantitative estimate of drug-likeness (QED) is 0.770. The first-order valence-electron chi connectivity index (χ1n) is 6.65. The van der Waals surface area contributed by atoms with E-state index in [1.54, 1.807) is 6.07 Å². The smallest absolute Gasteiger partial charge is 0.407 e. The third-order valence-corrected chi connectivity index (χ3v) is 3.38. The Morgan fingerprint density at radius 3 is 3.10 bits per heavy atom. The van der Waals surface area contributed by atoms with Gasteiger partial charge in [0, 0.05) is 32.2 Å². The molecule has 1 aromatic carbocycles. The van der Waals surface area contributed by atoms with Gasteiger partial charge in [0.05, 0.1) is 11.3 Å². The Hall–Kier alpha value is -2.26. The Morgan fingerprint density at radius 1 is 1.55 bits per heavy atom. The van der Waals surface area contributed by atoms with Crippen molar-refractivity contribution in [1.29, 1.82) is 5.26 Å². The lowest BCUT2D eigenvalue weighted by Crippen LogP contribution is -2.52. The predicted octanol–water partition coefficient (Wildman–Crippen LogP) is 1.31. The molecule has 1 aliphatic rings. The van der Waals surface area contributed by atoms with E-state index < -0.39 is 6.09 Å². The second-order valence-electron chi connectivity index (χ2n) is 4.75. The number of nitriles is 1. The number of piperazine rings is 1. The van der Waals surface area contributed by atoms with Crippen molar-refractivity contribution in [3.05, 3.63) is 29.8 Å². The molecule has 1 fully saturated rings. The predicted molar refractivity (Wildman–Crippen MR) is 75.7 cm³/mol. The fourth-order valence-corrected chi connectivity index (χ4v) is 2.31. The van der Waals surface area contributed by atoms with Crippen molar-refractivity contribution >= 4 is 11.8 Å². The van der Waals surface area contributed by atoms with Crippen LogP contribution in [-0.2, 0) is 0 Å². The van der Waals surface area contributed by atoms with Gasteiger partial charge < -0.3 is 20.6 Å². The normalized spacial score (nSPS) is 18.4. The van der Waals surface area contributed by atoms with Gasteiger partial charge in [-0.1, -0.05) is 12.1 Å². The van der Waals surface area contributed by atoms with Gasteiger partial charge in [-0.05, 0) is 18.6 Å². The molecule has 106 valence electrons. The average molecular weight is 274 g/mol. The molecule has 0 aromatic heterocycles. The Morgan fingerprint density at radius 2 is 2.35 bits per heavy atom. The molecule has 1 aliphatic heterocycles. The van der Waals surface area contributed by atoms with Gasteiger partial charge in [-0.25, -0.2) is 4.79 Å². The highest BCUT2D eigenvalue weighted by atomic mass is 16.4. The summed E-state index contributed by atoms with van der Waals surface area (Å²) in [7, 11) is 0. The van der Waals surface area contributed by atoms with Crippen LogP contribution in [0.15, 0.2) is 24.3 Å².